The molecule has 0 fully saturated rings. The maximum absolute atomic E-state index is 10.6. The molecule has 102 valence electrons. The first kappa shape index (κ1) is 14.4. The molecule has 2 heterocycles. The van der Waals surface area contributed by atoms with Crippen LogP contribution in [0.15, 0.2) is 29.6 Å². The lowest BCUT2D eigenvalue weighted by molar-refractivity contribution is 0.162. The molecule has 0 aliphatic heterocycles. The van der Waals surface area contributed by atoms with Gasteiger partial charge in [0.2, 0.25) is 0 Å². The minimum atomic E-state index is -0.751. The van der Waals surface area contributed by atoms with Crippen LogP contribution in [-0.4, -0.2) is 29.2 Å². The fourth-order valence-electron chi connectivity index (χ4n) is 2.28. The van der Waals surface area contributed by atoms with Crippen molar-refractivity contribution < 1.29 is 5.11 Å². The predicted molar refractivity (Wildman–Crippen MR) is 98.8 cm³/mol. The van der Waals surface area contributed by atoms with Gasteiger partial charge in [-0.05, 0) is 28.3 Å². The fraction of sp³-hybridized carbons (Fsp3) is 0.200. The van der Waals surface area contributed by atoms with E-state index in [0.717, 1.165) is 16.4 Å². The second-order valence-electron chi connectivity index (χ2n) is 4.73. The predicted octanol–water partition coefficient (Wildman–Crippen LogP) is 5.10. The minimum absolute atomic E-state index is 0.660. The number of hydrogen-bond acceptors (Lipinski definition) is 3. The molecule has 1 N–H and O–H groups in total. The highest BCUT2D eigenvalue weighted by molar-refractivity contribution is 7.42. The van der Waals surface area contributed by atoms with Gasteiger partial charge in [0.25, 0.3) is 0 Å². The van der Waals surface area contributed by atoms with E-state index in [1.165, 1.54) is 25.0 Å². The summed E-state index contributed by atoms with van der Waals surface area (Å²) >= 11 is 3.58. The van der Waals surface area contributed by atoms with E-state index >= 15 is 0 Å². The molecule has 2 aromatic heterocycles. The number of thiophene rings is 2. The first-order chi connectivity index (χ1) is 9.65. The van der Waals surface area contributed by atoms with Crippen LogP contribution in [0.3, 0.4) is 0 Å². The highest BCUT2D eigenvalue weighted by atomic mass is 32.1. The third-order valence-electron chi connectivity index (χ3n) is 3.27. The van der Waals surface area contributed by atoms with Gasteiger partial charge in [-0.1, -0.05) is 32.9 Å². The van der Waals surface area contributed by atoms with Crippen LogP contribution in [0.2, 0.25) is 0 Å². The van der Waals surface area contributed by atoms with Crippen molar-refractivity contribution in [2.75, 3.05) is 6.16 Å². The van der Waals surface area contributed by atoms with Crippen LogP contribution >= 0.6 is 39.1 Å². The Balaban J connectivity index is 2.04. The van der Waals surface area contributed by atoms with Gasteiger partial charge in [-0.25, -0.2) is 0 Å². The van der Waals surface area contributed by atoms with Crippen molar-refractivity contribution in [2.24, 2.45) is 0 Å². The Kier molecular flexibility index (Phi) is 4.08. The molecule has 0 saturated heterocycles. The first-order valence-corrected chi connectivity index (χ1v) is 10.2. The smallest absolute Gasteiger partial charge is 0.117 e. The van der Waals surface area contributed by atoms with Crippen LogP contribution in [0.5, 0.6) is 0 Å². The SMILES string of the molecule is C=PCC(O)(Cc1cc2ccc3ccsc3c2s1)P=C. The second-order valence-corrected chi connectivity index (χ2v) is 8.70. The summed E-state index contributed by atoms with van der Waals surface area (Å²) in [6.45, 7) is 0. The normalized spacial score (nSPS) is 15.2. The number of rotatable bonds is 5. The number of aliphatic hydroxyl groups is 1. The molecule has 0 spiro atoms. The van der Waals surface area contributed by atoms with Gasteiger partial charge in [-0.2, -0.15) is 0 Å². The summed E-state index contributed by atoms with van der Waals surface area (Å²) in [6.07, 6.45) is 9.01. The van der Waals surface area contributed by atoms with Gasteiger partial charge in [-0.3, -0.25) is 0 Å². The summed E-state index contributed by atoms with van der Waals surface area (Å²) in [5.41, 5.74) is 0. The average Bonchev–Trinajstić information content (AvgIpc) is 3.03. The maximum Gasteiger partial charge on any atom is 0.117 e. The molecule has 3 aromatic rings. The lowest BCUT2D eigenvalue weighted by Crippen LogP contribution is -2.25. The van der Waals surface area contributed by atoms with Crippen molar-refractivity contribution in [3.05, 3.63) is 34.5 Å². The molecule has 1 atom stereocenters. The lowest BCUT2D eigenvalue weighted by atomic mass is 10.2. The van der Waals surface area contributed by atoms with Crippen LogP contribution in [0.1, 0.15) is 4.88 Å². The second kappa shape index (κ2) is 5.67. The first-order valence-electron chi connectivity index (χ1n) is 6.16. The Hall–Kier alpha value is -0.560. The molecule has 0 radical (unpaired) electrons. The van der Waals surface area contributed by atoms with Crippen molar-refractivity contribution in [2.45, 2.75) is 11.8 Å². The molecule has 1 unspecified atom stereocenters. The van der Waals surface area contributed by atoms with E-state index in [4.69, 9.17) is 0 Å². The van der Waals surface area contributed by atoms with E-state index in [9.17, 15) is 5.11 Å². The Morgan fingerprint density at radius 3 is 2.70 bits per heavy atom. The van der Waals surface area contributed by atoms with Gasteiger partial charge in [0.05, 0.1) is 9.40 Å². The van der Waals surface area contributed by atoms with Gasteiger partial charge in [0.15, 0.2) is 0 Å². The van der Waals surface area contributed by atoms with Crippen molar-refractivity contribution in [3.63, 3.8) is 0 Å². The third kappa shape index (κ3) is 2.62. The summed E-state index contributed by atoms with van der Waals surface area (Å²) in [5.74, 6) is 0. The molecule has 0 bridgehead atoms. The van der Waals surface area contributed by atoms with Gasteiger partial charge < -0.3 is 5.11 Å². The quantitative estimate of drug-likeness (QED) is 0.643. The van der Waals surface area contributed by atoms with Crippen LogP contribution in [0.25, 0.3) is 20.2 Å². The topological polar surface area (TPSA) is 20.2 Å². The fourth-order valence-corrected chi connectivity index (χ4v) is 6.17. The summed E-state index contributed by atoms with van der Waals surface area (Å²) < 4.78 is 2.69. The minimum Gasteiger partial charge on any atom is -0.380 e. The van der Waals surface area contributed by atoms with Crippen molar-refractivity contribution in [3.8, 4) is 0 Å². The zero-order valence-electron chi connectivity index (χ0n) is 10.9. The molecule has 1 nitrogen and oxygen atoms in total. The number of fused-ring (bicyclic) bond motifs is 3. The largest absolute Gasteiger partial charge is 0.380 e. The van der Waals surface area contributed by atoms with Gasteiger partial charge in [0.1, 0.15) is 5.34 Å². The molecular weight excluding hydrogens is 322 g/mol. The van der Waals surface area contributed by atoms with E-state index in [1.54, 1.807) is 22.7 Å². The van der Waals surface area contributed by atoms with Crippen molar-refractivity contribution >= 4 is 71.9 Å². The highest BCUT2D eigenvalue weighted by Gasteiger charge is 2.24. The molecule has 0 saturated carbocycles. The van der Waals surface area contributed by atoms with Crippen LogP contribution in [0.4, 0.5) is 0 Å². The van der Waals surface area contributed by atoms with E-state index in [0.29, 0.717) is 12.6 Å². The standard InChI is InChI=1S/C15H14OP2S2/c1-17-9-15(16,18-2)8-12-7-11-4-3-10-5-6-19-13(10)14(11)20-12/h3-7,16H,1-2,8-9H2. The molecular formula is C15H14OP2S2. The van der Waals surface area contributed by atoms with Crippen LogP contribution in [0, 0.1) is 0 Å². The average molecular weight is 336 g/mol. The highest BCUT2D eigenvalue weighted by Crippen LogP contribution is 2.38. The van der Waals surface area contributed by atoms with Crippen LogP contribution in [-0.2, 0) is 6.42 Å². The summed E-state index contributed by atoms with van der Waals surface area (Å²) in [7, 11) is 1.74. The molecule has 3 rings (SSSR count). The Labute approximate surface area is 129 Å². The Morgan fingerprint density at radius 2 is 1.95 bits per heavy atom. The number of benzene rings is 1. The summed E-state index contributed by atoms with van der Waals surface area (Å²) in [6, 6.07) is 8.71. The zero-order chi connectivity index (χ0) is 14.2. The van der Waals surface area contributed by atoms with E-state index in [2.05, 4.69) is 42.2 Å². The maximum atomic E-state index is 10.6. The van der Waals surface area contributed by atoms with E-state index in [1.807, 2.05) is 0 Å². The lowest BCUT2D eigenvalue weighted by Gasteiger charge is -2.20. The molecule has 1 aromatic carbocycles. The Morgan fingerprint density at radius 1 is 1.15 bits per heavy atom. The summed E-state index contributed by atoms with van der Waals surface area (Å²) in [5, 5.41) is 14.5. The van der Waals surface area contributed by atoms with E-state index < -0.39 is 5.34 Å². The van der Waals surface area contributed by atoms with Crippen molar-refractivity contribution in [1.82, 2.24) is 0 Å². The molecule has 20 heavy (non-hydrogen) atoms. The van der Waals surface area contributed by atoms with Crippen molar-refractivity contribution in [1.29, 1.82) is 0 Å². The number of hydrogen-bond donors (Lipinski definition) is 1. The molecule has 0 aliphatic rings. The van der Waals surface area contributed by atoms with Gasteiger partial charge >= 0.3 is 0 Å². The molecule has 5 heteroatoms. The molecule has 0 aliphatic carbocycles. The summed E-state index contributed by atoms with van der Waals surface area (Å²) in [4.78, 5) is 1.23. The van der Waals surface area contributed by atoms with Gasteiger partial charge in [-0.15, -0.1) is 30.9 Å². The van der Waals surface area contributed by atoms with Crippen LogP contribution < -0.4 is 0 Å². The Bertz CT molecular complexity index is 789. The zero-order valence-corrected chi connectivity index (χ0v) is 14.3. The monoisotopic (exact) mass is 336 g/mol. The molecule has 0 amide bonds. The van der Waals surface area contributed by atoms with Gasteiger partial charge in [0, 0.05) is 17.5 Å². The van der Waals surface area contributed by atoms with E-state index in [-0.39, 0.29) is 0 Å². The third-order valence-corrected chi connectivity index (χ3v) is 7.42.